The summed E-state index contributed by atoms with van der Waals surface area (Å²) in [6, 6.07) is 8.11. The van der Waals surface area contributed by atoms with E-state index in [9.17, 15) is 4.79 Å². The van der Waals surface area contributed by atoms with Crippen LogP contribution in [0.4, 0.5) is 0 Å². The number of amides is 1. The molecule has 1 aromatic rings. The summed E-state index contributed by atoms with van der Waals surface area (Å²) in [6.45, 7) is 5.51. The van der Waals surface area contributed by atoms with Crippen molar-refractivity contribution in [3.8, 4) is 0 Å². The minimum absolute atomic E-state index is 0.0999. The number of aliphatic imine (C=N–C) groups is 1. The summed E-state index contributed by atoms with van der Waals surface area (Å²) in [6.07, 6.45) is 5.82. The molecule has 31 heavy (non-hydrogen) atoms. The van der Waals surface area contributed by atoms with Gasteiger partial charge in [0.25, 0.3) is 0 Å². The zero-order valence-electron chi connectivity index (χ0n) is 19.2. The second-order valence-electron chi connectivity index (χ2n) is 9.11. The molecule has 1 heterocycles. The Morgan fingerprint density at radius 2 is 1.81 bits per heavy atom. The number of halogens is 1. The van der Waals surface area contributed by atoms with Crippen LogP contribution in [0.1, 0.15) is 51.0 Å². The molecule has 3 rings (SSSR count). The van der Waals surface area contributed by atoms with Crippen LogP contribution in [0.15, 0.2) is 29.3 Å². The Balaban J connectivity index is 1.78. The van der Waals surface area contributed by atoms with Crippen LogP contribution in [0.2, 0.25) is 5.02 Å². The van der Waals surface area contributed by atoms with Crippen LogP contribution in [0.5, 0.6) is 0 Å². The van der Waals surface area contributed by atoms with Crippen molar-refractivity contribution >= 4 is 23.5 Å². The molecule has 0 aromatic heterocycles. The number of ether oxygens (including phenoxy) is 1. The van der Waals surface area contributed by atoms with Gasteiger partial charge in [-0.25, -0.2) is 0 Å². The minimum atomic E-state index is -0.370. The van der Waals surface area contributed by atoms with Gasteiger partial charge >= 0.3 is 0 Å². The average molecular weight is 449 g/mol. The first-order chi connectivity index (χ1) is 14.9. The molecule has 0 bridgehead atoms. The van der Waals surface area contributed by atoms with Crippen molar-refractivity contribution < 1.29 is 9.53 Å². The Bertz CT molecular complexity index is 769. The van der Waals surface area contributed by atoms with Crippen LogP contribution in [0.3, 0.4) is 0 Å². The van der Waals surface area contributed by atoms with Gasteiger partial charge < -0.3 is 20.3 Å². The van der Waals surface area contributed by atoms with Gasteiger partial charge in [0.1, 0.15) is 0 Å². The van der Waals surface area contributed by atoms with Gasteiger partial charge in [0, 0.05) is 50.8 Å². The van der Waals surface area contributed by atoms with Gasteiger partial charge in [-0.1, -0.05) is 42.6 Å². The lowest BCUT2D eigenvalue weighted by Crippen LogP contribution is -2.49. The van der Waals surface area contributed by atoms with Crippen LogP contribution < -0.4 is 10.6 Å². The summed E-state index contributed by atoms with van der Waals surface area (Å²) in [4.78, 5) is 19.5. The number of carbonyl (C=O) groups is 1. The van der Waals surface area contributed by atoms with Crippen molar-refractivity contribution in [3.05, 3.63) is 34.9 Å². The van der Waals surface area contributed by atoms with E-state index in [-0.39, 0.29) is 16.7 Å². The van der Waals surface area contributed by atoms with Crippen molar-refractivity contribution in [2.24, 2.45) is 10.4 Å². The molecule has 0 radical (unpaired) electrons. The molecular weight excluding hydrogens is 412 g/mol. The number of benzene rings is 1. The van der Waals surface area contributed by atoms with E-state index in [2.05, 4.69) is 29.7 Å². The van der Waals surface area contributed by atoms with Crippen molar-refractivity contribution in [3.63, 3.8) is 0 Å². The predicted molar refractivity (Wildman–Crippen MR) is 127 cm³/mol. The highest BCUT2D eigenvalue weighted by Gasteiger charge is 2.42. The maximum atomic E-state index is 12.9. The van der Waals surface area contributed by atoms with Gasteiger partial charge in [0.15, 0.2) is 5.96 Å². The summed E-state index contributed by atoms with van der Waals surface area (Å²) in [5, 5.41) is 7.73. The van der Waals surface area contributed by atoms with Crippen LogP contribution in [0, 0.1) is 5.41 Å². The number of carbonyl (C=O) groups excluding carboxylic acids is 1. The van der Waals surface area contributed by atoms with E-state index in [0.29, 0.717) is 6.54 Å². The highest BCUT2D eigenvalue weighted by molar-refractivity contribution is 6.31. The average Bonchev–Trinajstić information content (AvgIpc) is 3.26. The molecule has 2 fully saturated rings. The van der Waals surface area contributed by atoms with Crippen LogP contribution in [0.25, 0.3) is 0 Å². The van der Waals surface area contributed by atoms with Gasteiger partial charge in [-0.2, -0.15) is 0 Å². The monoisotopic (exact) mass is 448 g/mol. The lowest BCUT2D eigenvalue weighted by atomic mass is 9.74. The maximum Gasteiger partial charge on any atom is 0.230 e. The molecule has 1 saturated heterocycles. The number of hydrogen-bond acceptors (Lipinski definition) is 3. The Labute approximate surface area is 191 Å². The summed E-state index contributed by atoms with van der Waals surface area (Å²) < 4.78 is 5.66. The molecular formula is C24H37ClN4O2. The fourth-order valence-corrected chi connectivity index (χ4v) is 5.32. The number of rotatable bonds is 7. The third-order valence-corrected chi connectivity index (χ3v) is 7.12. The van der Waals surface area contributed by atoms with Gasteiger partial charge in [-0.3, -0.25) is 9.79 Å². The van der Waals surface area contributed by atoms with Crippen LogP contribution in [-0.4, -0.2) is 63.7 Å². The topological polar surface area (TPSA) is 66.0 Å². The van der Waals surface area contributed by atoms with E-state index in [4.69, 9.17) is 21.3 Å². The third kappa shape index (κ3) is 5.53. The fraction of sp³-hybridized carbons (Fsp3) is 0.667. The second kappa shape index (κ2) is 10.7. The standard InChI is InChI=1S/C24H37ClN4O2/c1-4-26-22(28-18-24(11-7-8-12-24)21(30)29(2)3)27-17-23(13-15-31-16-14-23)19-9-5-6-10-20(19)25/h5-6,9-10H,4,7-8,11-18H2,1-3H3,(H2,26,27,28). The Morgan fingerprint density at radius 3 is 2.42 bits per heavy atom. The first-order valence-corrected chi connectivity index (χ1v) is 11.9. The molecule has 0 spiro atoms. The zero-order valence-corrected chi connectivity index (χ0v) is 19.9. The molecule has 1 aliphatic carbocycles. The number of nitrogens with one attached hydrogen (secondary N) is 2. The number of hydrogen-bond donors (Lipinski definition) is 2. The van der Waals surface area contributed by atoms with E-state index >= 15 is 0 Å². The molecule has 7 heteroatoms. The first kappa shape index (κ1) is 23.9. The van der Waals surface area contributed by atoms with Crippen LogP contribution >= 0.6 is 11.6 Å². The molecule has 1 aromatic carbocycles. The van der Waals surface area contributed by atoms with E-state index in [1.807, 2.05) is 26.2 Å². The van der Waals surface area contributed by atoms with Crippen molar-refractivity contribution in [2.45, 2.75) is 50.9 Å². The summed E-state index contributed by atoms with van der Waals surface area (Å²) in [5.74, 6) is 0.958. The molecule has 172 valence electrons. The summed E-state index contributed by atoms with van der Waals surface area (Å²) in [7, 11) is 3.68. The van der Waals surface area contributed by atoms with Gasteiger partial charge in [-0.05, 0) is 44.2 Å². The normalized spacial score (nSPS) is 20.3. The van der Waals surface area contributed by atoms with E-state index < -0.39 is 0 Å². The highest BCUT2D eigenvalue weighted by atomic mass is 35.5. The largest absolute Gasteiger partial charge is 0.381 e. The molecule has 1 saturated carbocycles. The summed E-state index contributed by atoms with van der Waals surface area (Å²) >= 11 is 6.60. The van der Waals surface area contributed by atoms with Crippen molar-refractivity contribution in [1.29, 1.82) is 0 Å². The zero-order chi connectivity index (χ0) is 22.3. The first-order valence-electron chi connectivity index (χ1n) is 11.5. The molecule has 2 N–H and O–H groups in total. The molecule has 6 nitrogen and oxygen atoms in total. The quantitative estimate of drug-likeness (QED) is 0.494. The summed E-state index contributed by atoms with van der Waals surface area (Å²) in [5.41, 5.74) is 0.695. The molecule has 0 unspecified atom stereocenters. The molecule has 2 aliphatic rings. The smallest absolute Gasteiger partial charge is 0.230 e. The second-order valence-corrected chi connectivity index (χ2v) is 9.52. The molecule has 0 atom stereocenters. The number of nitrogens with zero attached hydrogens (tertiary/aromatic N) is 2. The minimum Gasteiger partial charge on any atom is -0.381 e. The van der Waals surface area contributed by atoms with E-state index in [0.717, 1.165) is 75.8 Å². The van der Waals surface area contributed by atoms with E-state index in [1.54, 1.807) is 4.90 Å². The molecule has 1 aliphatic heterocycles. The van der Waals surface area contributed by atoms with Gasteiger partial charge in [-0.15, -0.1) is 0 Å². The van der Waals surface area contributed by atoms with Crippen LogP contribution in [-0.2, 0) is 14.9 Å². The van der Waals surface area contributed by atoms with E-state index in [1.165, 1.54) is 5.56 Å². The Kier molecular flexibility index (Phi) is 8.23. The predicted octanol–water partition coefficient (Wildman–Crippen LogP) is 3.59. The number of guanidine groups is 1. The third-order valence-electron chi connectivity index (χ3n) is 6.79. The lowest BCUT2D eigenvalue weighted by Gasteiger charge is -2.39. The van der Waals surface area contributed by atoms with Crippen molar-refractivity contribution in [2.75, 3.05) is 46.9 Å². The highest BCUT2D eigenvalue weighted by Crippen LogP contribution is 2.40. The van der Waals surface area contributed by atoms with Crippen molar-refractivity contribution in [1.82, 2.24) is 15.5 Å². The Morgan fingerprint density at radius 1 is 1.13 bits per heavy atom. The lowest BCUT2D eigenvalue weighted by molar-refractivity contribution is -0.138. The Hall–Kier alpha value is -1.79. The maximum absolute atomic E-state index is 12.9. The fourth-order valence-electron chi connectivity index (χ4n) is 4.99. The van der Waals surface area contributed by atoms with Gasteiger partial charge in [0.2, 0.25) is 5.91 Å². The molecule has 1 amide bonds. The van der Waals surface area contributed by atoms with Gasteiger partial charge in [0.05, 0.1) is 12.0 Å². The SMILES string of the molecule is CCNC(=NCC1(C(=O)N(C)C)CCCC1)NCC1(c2ccccc2Cl)CCOCC1.